The van der Waals surface area contributed by atoms with Crippen LogP contribution in [0.15, 0.2) is 35.3 Å². The van der Waals surface area contributed by atoms with E-state index in [1.54, 1.807) is 7.05 Å². The van der Waals surface area contributed by atoms with Gasteiger partial charge in [-0.15, -0.1) is 0 Å². The Labute approximate surface area is 150 Å². The van der Waals surface area contributed by atoms with Crippen LogP contribution in [-0.2, 0) is 4.74 Å². The minimum absolute atomic E-state index is 0.413. The number of alkyl carbamates (subject to hydrolysis) is 1. The summed E-state index contributed by atoms with van der Waals surface area (Å²) in [6, 6.07) is 10.1. The molecule has 0 aliphatic rings. The molecule has 25 heavy (non-hydrogen) atoms. The highest BCUT2D eigenvalue weighted by atomic mass is 16.6. The summed E-state index contributed by atoms with van der Waals surface area (Å²) in [5.41, 5.74) is 0.640. The van der Waals surface area contributed by atoms with Crippen LogP contribution in [-0.4, -0.2) is 50.9 Å². The van der Waals surface area contributed by atoms with Gasteiger partial charge in [0, 0.05) is 38.9 Å². The van der Waals surface area contributed by atoms with Crippen LogP contribution in [0.1, 0.15) is 27.2 Å². The van der Waals surface area contributed by atoms with Crippen molar-refractivity contribution in [3.63, 3.8) is 0 Å². The molecular weight excluding hydrogens is 318 g/mol. The van der Waals surface area contributed by atoms with Crippen molar-refractivity contribution in [2.75, 3.05) is 38.5 Å². The standard InChI is InChI=1S/C18H31N5O2/c1-18(2,3)25-17(24)23-14-13-22-16(19-4)21-12-8-11-20-15-9-6-5-7-10-15/h5-7,9-10,20H,8,11-14H2,1-4H3,(H,23,24)(H2,19,21,22). The third-order valence-corrected chi connectivity index (χ3v) is 3.06. The second kappa shape index (κ2) is 11.2. The van der Waals surface area contributed by atoms with Crippen LogP contribution >= 0.6 is 0 Å². The van der Waals surface area contributed by atoms with Gasteiger partial charge < -0.3 is 26.0 Å². The van der Waals surface area contributed by atoms with Crippen molar-refractivity contribution in [3.8, 4) is 0 Å². The number of carbonyl (C=O) groups excluding carboxylic acids is 1. The lowest BCUT2D eigenvalue weighted by Gasteiger charge is -2.20. The molecule has 4 N–H and O–H groups in total. The molecule has 1 amide bonds. The van der Waals surface area contributed by atoms with E-state index in [1.165, 1.54) is 0 Å². The van der Waals surface area contributed by atoms with Crippen molar-refractivity contribution in [1.29, 1.82) is 0 Å². The molecule has 140 valence electrons. The largest absolute Gasteiger partial charge is 0.444 e. The molecule has 0 atom stereocenters. The van der Waals surface area contributed by atoms with Gasteiger partial charge in [-0.3, -0.25) is 4.99 Å². The Hall–Kier alpha value is -2.44. The summed E-state index contributed by atoms with van der Waals surface area (Å²) in [5, 5.41) is 12.4. The molecule has 0 saturated carbocycles. The zero-order valence-corrected chi connectivity index (χ0v) is 15.7. The summed E-state index contributed by atoms with van der Waals surface area (Å²) >= 11 is 0. The molecule has 1 rings (SSSR count). The van der Waals surface area contributed by atoms with Crippen LogP contribution in [0.4, 0.5) is 10.5 Å². The maximum atomic E-state index is 11.5. The number of anilines is 1. The van der Waals surface area contributed by atoms with E-state index in [4.69, 9.17) is 4.74 Å². The van der Waals surface area contributed by atoms with Gasteiger partial charge in [0.1, 0.15) is 5.60 Å². The first-order chi connectivity index (χ1) is 11.9. The summed E-state index contributed by atoms with van der Waals surface area (Å²) in [4.78, 5) is 15.7. The predicted molar refractivity (Wildman–Crippen MR) is 103 cm³/mol. The number of nitrogens with zero attached hydrogens (tertiary/aromatic N) is 1. The number of carbonyl (C=O) groups is 1. The first-order valence-electron chi connectivity index (χ1n) is 8.61. The highest BCUT2D eigenvalue weighted by Gasteiger charge is 2.15. The summed E-state index contributed by atoms with van der Waals surface area (Å²) in [7, 11) is 1.72. The number of guanidine groups is 1. The van der Waals surface area contributed by atoms with Crippen LogP contribution in [0.5, 0.6) is 0 Å². The SMILES string of the molecule is CN=C(NCCCNc1ccccc1)NCCNC(=O)OC(C)(C)C. The van der Waals surface area contributed by atoms with Gasteiger partial charge in [0.15, 0.2) is 5.96 Å². The molecule has 0 fully saturated rings. The van der Waals surface area contributed by atoms with E-state index in [-0.39, 0.29) is 0 Å². The third kappa shape index (κ3) is 10.9. The normalized spacial score (nSPS) is 11.6. The van der Waals surface area contributed by atoms with Crippen LogP contribution in [0.3, 0.4) is 0 Å². The average molecular weight is 349 g/mol. The molecule has 0 unspecified atom stereocenters. The number of benzene rings is 1. The van der Waals surface area contributed by atoms with E-state index in [1.807, 2.05) is 51.1 Å². The third-order valence-electron chi connectivity index (χ3n) is 3.06. The van der Waals surface area contributed by atoms with E-state index in [0.717, 1.165) is 25.2 Å². The molecule has 0 heterocycles. The first kappa shape index (κ1) is 20.6. The Morgan fingerprint density at radius 2 is 1.64 bits per heavy atom. The second-order valence-corrected chi connectivity index (χ2v) is 6.50. The minimum atomic E-state index is -0.483. The monoisotopic (exact) mass is 349 g/mol. The lowest BCUT2D eigenvalue weighted by atomic mass is 10.2. The Morgan fingerprint density at radius 1 is 1.00 bits per heavy atom. The van der Waals surface area contributed by atoms with Crippen molar-refractivity contribution >= 4 is 17.7 Å². The van der Waals surface area contributed by atoms with Crippen molar-refractivity contribution in [2.45, 2.75) is 32.8 Å². The molecule has 0 spiro atoms. The maximum absolute atomic E-state index is 11.5. The van der Waals surface area contributed by atoms with Crippen LogP contribution in [0, 0.1) is 0 Å². The molecule has 7 heteroatoms. The van der Waals surface area contributed by atoms with Gasteiger partial charge in [0.25, 0.3) is 0 Å². The van der Waals surface area contributed by atoms with Crippen LogP contribution < -0.4 is 21.3 Å². The fraction of sp³-hybridized carbons (Fsp3) is 0.556. The summed E-state index contributed by atoms with van der Waals surface area (Å²) in [5.74, 6) is 0.714. The number of aliphatic imine (C=N–C) groups is 1. The zero-order chi connectivity index (χ0) is 18.5. The van der Waals surface area contributed by atoms with Gasteiger partial charge in [-0.2, -0.15) is 0 Å². The molecule has 1 aromatic carbocycles. The number of nitrogens with one attached hydrogen (secondary N) is 4. The Balaban J connectivity index is 2.07. The highest BCUT2D eigenvalue weighted by Crippen LogP contribution is 2.06. The minimum Gasteiger partial charge on any atom is -0.444 e. The average Bonchev–Trinajstić information content (AvgIpc) is 2.55. The maximum Gasteiger partial charge on any atom is 0.407 e. The van der Waals surface area contributed by atoms with Gasteiger partial charge in [-0.25, -0.2) is 4.79 Å². The van der Waals surface area contributed by atoms with Crippen LogP contribution in [0.2, 0.25) is 0 Å². The quantitative estimate of drug-likeness (QED) is 0.328. The van der Waals surface area contributed by atoms with E-state index in [2.05, 4.69) is 26.3 Å². The number of ether oxygens (including phenoxy) is 1. The van der Waals surface area contributed by atoms with Gasteiger partial charge >= 0.3 is 6.09 Å². The zero-order valence-electron chi connectivity index (χ0n) is 15.7. The van der Waals surface area contributed by atoms with E-state index >= 15 is 0 Å². The molecular formula is C18H31N5O2. The van der Waals surface area contributed by atoms with Crippen LogP contribution in [0.25, 0.3) is 0 Å². The smallest absolute Gasteiger partial charge is 0.407 e. The molecule has 0 aromatic heterocycles. The lowest BCUT2D eigenvalue weighted by Crippen LogP contribution is -2.42. The van der Waals surface area contributed by atoms with Gasteiger partial charge in [0.2, 0.25) is 0 Å². The molecule has 0 radical (unpaired) electrons. The Bertz CT molecular complexity index is 526. The number of hydrogen-bond donors (Lipinski definition) is 4. The predicted octanol–water partition coefficient (Wildman–Crippen LogP) is 2.18. The van der Waals surface area contributed by atoms with Gasteiger partial charge in [0.05, 0.1) is 0 Å². The van der Waals surface area contributed by atoms with Crippen molar-refractivity contribution in [3.05, 3.63) is 30.3 Å². The van der Waals surface area contributed by atoms with Gasteiger partial charge in [-0.1, -0.05) is 18.2 Å². The number of amides is 1. The fourth-order valence-corrected chi connectivity index (χ4v) is 1.96. The second-order valence-electron chi connectivity index (χ2n) is 6.50. The molecule has 0 bridgehead atoms. The molecule has 0 aliphatic carbocycles. The number of hydrogen-bond acceptors (Lipinski definition) is 4. The first-order valence-corrected chi connectivity index (χ1v) is 8.61. The summed E-state index contributed by atoms with van der Waals surface area (Å²) in [6.07, 6.45) is 0.551. The fourth-order valence-electron chi connectivity index (χ4n) is 1.96. The van der Waals surface area contributed by atoms with Crippen molar-refractivity contribution < 1.29 is 9.53 Å². The van der Waals surface area contributed by atoms with Crippen molar-refractivity contribution in [2.24, 2.45) is 4.99 Å². The number of rotatable bonds is 8. The molecule has 0 aliphatic heterocycles. The topological polar surface area (TPSA) is 86.8 Å². The van der Waals surface area contributed by atoms with Gasteiger partial charge in [-0.05, 0) is 39.3 Å². The molecule has 0 saturated heterocycles. The number of para-hydroxylation sites is 1. The van der Waals surface area contributed by atoms with E-state index < -0.39 is 11.7 Å². The lowest BCUT2D eigenvalue weighted by molar-refractivity contribution is 0.0529. The van der Waals surface area contributed by atoms with E-state index in [0.29, 0.717) is 19.0 Å². The Morgan fingerprint density at radius 3 is 2.28 bits per heavy atom. The molecule has 7 nitrogen and oxygen atoms in total. The molecule has 1 aromatic rings. The summed E-state index contributed by atoms with van der Waals surface area (Å²) < 4.78 is 5.17. The van der Waals surface area contributed by atoms with E-state index in [9.17, 15) is 4.79 Å². The highest BCUT2D eigenvalue weighted by molar-refractivity contribution is 5.79. The van der Waals surface area contributed by atoms with Crippen molar-refractivity contribution in [1.82, 2.24) is 16.0 Å². The summed E-state index contributed by atoms with van der Waals surface area (Å²) in [6.45, 7) is 8.23. The Kier molecular flexibility index (Phi) is 9.21.